The van der Waals surface area contributed by atoms with Crippen LogP contribution in [-0.4, -0.2) is 22.2 Å². The fourth-order valence-corrected chi connectivity index (χ4v) is 0.800. The van der Waals surface area contributed by atoms with Crippen molar-refractivity contribution in [2.24, 2.45) is 5.92 Å². The van der Waals surface area contributed by atoms with Crippen LogP contribution in [-0.2, 0) is 9.59 Å². The zero-order valence-electron chi connectivity index (χ0n) is 6.41. The monoisotopic (exact) mass is 160 g/mol. The Balaban J connectivity index is 3.70. The van der Waals surface area contributed by atoms with Gasteiger partial charge in [0.05, 0.1) is 5.92 Å². The molecule has 0 bridgehead atoms. The summed E-state index contributed by atoms with van der Waals surface area (Å²) in [6.07, 6.45) is 0.647. The maximum atomic E-state index is 10.4. The largest absolute Gasteiger partial charge is 0.481 e. The molecule has 0 aromatic heterocycles. The molecule has 11 heavy (non-hydrogen) atoms. The third kappa shape index (κ3) is 4.36. The van der Waals surface area contributed by atoms with Crippen molar-refractivity contribution in [3.63, 3.8) is 0 Å². The van der Waals surface area contributed by atoms with Gasteiger partial charge in [-0.3, -0.25) is 9.59 Å². The zero-order valence-corrected chi connectivity index (χ0v) is 6.41. The summed E-state index contributed by atoms with van der Waals surface area (Å²) in [6.45, 7) is 1.74. The van der Waals surface area contributed by atoms with Gasteiger partial charge < -0.3 is 10.2 Å². The average molecular weight is 160 g/mol. The number of hydrogen-bond acceptors (Lipinski definition) is 2. The van der Waals surface area contributed by atoms with E-state index in [2.05, 4.69) is 0 Å². The lowest BCUT2D eigenvalue weighted by atomic mass is 10.0. The Morgan fingerprint density at radius 1 is 1.36 bits per heavy atom. The minimum atomic E-state index is -0.940. The fourth-order valence-electron chi connectivity index (χ4n) is 0.800. The Morgan fingerprint density at radius 3 is 2.18 bits per heavy atom. The van der Waals surface area contributed by atoms with Gasteiger partial charge in [0.25, 0.3) is 0 Å². The van der Waals surface area contributed by atoms with E-state index < -0.39 is 17.9 Å². The number of aliphatic carboxylic acids is 2. The van der Waals surface area contributed by atoms with Crippen LogP contribution >= 0.6 is 0 Å². The molecule has 0 aliphatic rings. The molecule has 0 saturated carbocycles. The Kier molecular flexibility index (Phi) is 4.26. The van der Waals surface area contributed by atoms with E-state index in [4.69, 9.17) is 10.2 Å². The van der Waals surface area contributed by atoms with Crippen molar-refractivity contribution in [3.05, 3.63) is 0 Å². The summed E-state index contributed by atoms with van der Waals surface area (Å²) >= 11 is 0. The van der Waals surface area contributed by atoms with Crippen molar-refractivity contribution < 1.29 is 19.8 Å². The molecule has 0 aromatic carbocycles. The average Bonchev–Trinajstić information content (AvgIpc) is 1.87. The maximum absolute atomic E-state index is 10.4. The third-order valence-electron chi connectivity index (χ3n) is 1.55. The molecular formula is C7H12O4. The van der Waals surface area contributed by atoms with Crippen LogP contribution < -0.4 is 0 Å². The number of rotatable bonds is 5. The van der Waals surface area contributed by atoms with Gasteiger partial charge in [-0.15, -0.1) is 0 Å². The fraction of sp³-hybridized carbons (Fsp3) is 0.714. The van der Waals surface area contributed by atoms with Crippen molar-refractivity contribution in [1.29, 1.82) is 0 Å². The minimum absolute atomic E-state index is 0.0647. The first-order valence-corrected chi connectivity index (χ1v) is 3.52. The minimum Gasteiger partial charge on any atom is -0.481 e. The van der Waals surface area contributed by atoms with Crippen LogP contribution in [0, 0.1) is 5.92 Å². The predicted molar refractivity (Wildman–Crippen MR) is 38.3 cm³/mol. The third-order valence-corrected chi connectivity index (χ3v) is 1.55. The highest BCUT2D eigenvalue weighted by atomic mass is 16.4. The van der Waals surface area contributed by atoms with Crippen molar-refractivity contribution in [3.8, 4) is 0 Å². The van der Waals surface area contributed by atoms with Crippen molar-refractivity contribution >= 4 is 11.9 Å². The molecule has 0 amide bonds. The SMILES string of the molecule is CCC(CCC(=O)O)C(=O)O. The van der Waals surface area contributed by atoms with Crippen LogP contribution in [0.3, 0.4) is 0 Å². The van der Waals surface area contributed by atoms with Gasteiger partial charge in [-0.1, -0.05) is 6.92 Å². The molecule has 0 aliphatic heterocycles. The Morgan fingerprint density at radius 2 is 1.91 bits per heavy atom. The molecule has 0 spiro atoms. The van der Waals surface area contributed by atoms with Crippen LogP contribution in [0.4, 0.5) is 0 Å². The summed E-state index contributed by atoms with van der Waals surface area (Å²) in [4.78, 5) is 20.4. The summed E-state index contributed by atoms with van der Waals surface area (Å²) in [5.41, 5.74) is 0. The van der Waals surface area contributed by atoms with Crippen LogP contribution in [0.2, 0.25) is 0 Å². The van der Waals surface area contributed by atoms with E-state index in [0.717, 1.165) is 0 Å². The smallest absolute Gasteiger partial charge is 0.306 e. The van der Waals surface area contributed by atoms with Crippen LogP contribution in [0.1, 0.15) is 26.2 Å². The zero-order chi connectivity index (χ0) is 8.85. The van der Waals surface area contributed by atoms with Gasteiger partial charge in [0, 0.05) is 6.42 Å². The molecular weight excluding hydrogens is 148 g/mol. The molecule has 0 aromatic rings. The van der Waals surface area contributed by atoms with Gasteiger partial charge in [-0.2, -0.15) is 0 Å². The topological polar surface area (TPSA) is 74.6 Å². The van der Waals surface area contributed by atoms with E-state index >= 15 is 0 Å². The van der Waals surface area contributed by atoms with Gasteiger partial charge in [-0.25, -0.2) is 0 Å². The molecule has 4 nitrogen and oxygen atoms in total. The Hall–Kier alpha value is -1.06. The Labute approximate surface area is 64.8 Å². The summed E-state index contributed by atoms with van der Waals surface area (Å²) in [6, 6.07) is 0. The lowest BCUT2D eigenvalue weighted by Gasteiger charge is -2.05. The molecule has 0 heterocycles. The number of carboxylic acids is 2. The van der Waals surface area contributed by atoms with Crippen molar-refractivity contribution in [2.45, 2.75) is 26.2 Å². The maximum Gasteiger partial charge on any atom is 0.306 e. The normalized spacial score (nSPS) is 12.5. The highest BCUT2D eigenvalue weighted by Crippen LogP contribution is 2.10. The number of carboxylic acid groups (broad SMARTS) is 2. The summed E-state index contributed by atoms with van der Waals surface area (Å²) in [7, 11) is 0. The van der Waals surface area contributed by atoms with E-state index in [1.807, 2.05) is 0 Å². The van der Waals surface area contributed by atoms with Gasteiger partial charge in [0.2, 0.25) is 0 Å². The lowest BCUT2D eigenvalue weighted by Crippen LogP contribution is -2.13. The second kappa shape index (κ2) is 4.71. The summed E-state index contributed by atoms with van der Waals surface area (Å²) in [5, 5.41) is 16.7. The molecule has 4 heteroatoms. The van der Waals surface area contributed by atoms with E-state index in [1.54, 1.807) is 6.92 Å². The molecule has 0 rings (SSSR count). The van der Waals surface area contributed by atoms with Crippen LogP contribution in [0.15, 0.2) is 0 Å². The lowest BCUT2D eigenvalue weighted by molar-refractivity contribution is -0.143. The highest BCUT2D eigenvalue weighted by molar-refractivity contribution is 5.72. The first-order chi connectivity index (χ1) is 5.07. The first-order valence-electron chi connectivity index (χ1n) is 3.52. The molecule has 64 valence electrons. The van der Waals surface area contributed by atoms with Gasteiger partial charge in [0.15, 0.2) is 0 Å². The van der Waals surface area contributed by atoms with Gasteiger partial charge >= 0.3 is 11.9 Å². The second-order valence-electron chi connectivity index (χ2n) is 2.38. The van der Waals surface area contributed by atoms with Crippen LogP contribution in [0.5, 0.6) is 0 Å². The van der Waals surface area contributed by atoms with E-state index in [0.29, 0.717) is 6.42 Å². The first kappa shape index (κ1) is 9.94. The van der Waals surface area contributed by atoms with E-state index in [1.165, 1.54) is 0 Å². The van der Waals surface area contributed by atoms with E-state index in [9.17, 15) is 9.59 Å². The summed E-state index contributed by atoms with van der Waals surface area (Å²) < 4.78 is 0. The summed E-state index contributed by atoms with van der Waals surface area (Å²) in [5.74, 6) is -2.36. The van der Waals surface area contributed by atoms with E-state index in [-0.39, 0.29) is 12.8 Å². The predicted octanol–water partition coefficient (Wildman–Crippen LogP) is 0.962. The molecule has 0 saturated heterocycles. The van der Waals surface area contributed by atoms with Crippen molar-refractivity contribution in [1.82, 2.24) is 0 Å². The number of hydrogen-bond donors (Lipinski definition) is 2. The highest BCUT2D eigenvalue weighted by Gasteiger charge is 2.15. The molecule has 0 radical (unpaired) electrons. The quantitative estimate of drug-likeness (QED) is 0.628. The molecule has 0 aliphatic carbocycles. The van der Waals surface area contributed by atoms with Crippen molar-refractivity contribution in [2.75, 3.05) is 0 Å². The number of carbonyl (C=O) groups is 2. The second-order valence-corrected chi connectivity index (χ2v) is 2.38. The molecule has 0 fully saturated rings. The standard InChI is InChI=1S/C7H12O4/c1-2-5(7(10)11)3-4-6(8)9/h5H,2-4H2,1H3,(H,8,9)(H,10,11). The Bertz CT molecular complexity index is 153. The van der Waals surface area contributed by atoms with Crippen LogP contribution in [0.25, 0.3) is 0 Å². The molecule has 2 N–H and O–H groups in total. The van der Waals surface area contributed by atoms with Gasteiger partial charge in [-0.05, 0) is 12.8 Å². The molecule has 1 atom stereocenters. The van der Waals surface area contributed by atoms with Gasteiger partial charge in [0.1, 0.15) is 0 Å². The molecule has 1 unspecified atom stereocenters.